The van der Waals surface area contributed by atoms with E-state index in [1.807, 2.05) is 27.7 Å². The number of carbonyl (C=O) groups excluding carboxylic acids is 3. The molecule has 3 saturated carbocycles. The van der Waals surface area contributed by atoms with Gasteiger partial charge in [-0.15, -0.1) is 0 Å². The number of likely N-dealkylation sites (tertiary alicyclic amines) is 1. The van der Waals surface area contributed by atoms with Crippen LogP contribution in [0.1, 0.15) is 79.1 Å². The highest BCUT2D eigenvalue weighted by Gasteiger charge is 2.61. The number of nitrogen functional groups attached to an aromatic ring is 1. The Labute approximate surface area is 320 Å². The number of pyridine rings is 2. The summed E-state index contributed by atoms with van der Waals surface area (Å²) < 4.78 is 18.0. The van der Waals surface area contributed by atoms with Crippen LogP contribution in [0.3, 0.4) is 0 Å². The molecule has 0 bridgehead atoms. The number of esters is 1. The van der Waals surface area contributed by atoms with Crippen LogP contribution in [-0.4, -0.2) is 75.5 Å². The summed E-state index contributed by atoms with van der Waals surface area (Å²) in [6.07, 6.45) is 3.01. The molecule has 2 aromatic heterocycles. The van der Waals surface area contributed by atoms with Gasteiger partial charge in [0, 0.05) is 24.3 Å². The zero-order chi connectivity index (χ0) is 38.7. The Morgan fingerprint density at radius 3 is 2.39 bits per heavy atom. The molecule has 7 rings (SSSR count). The van der Waals surface area contributed by atoms with Crippen LogP contribution in [0, 0.1) is 34.5 Å². The third kappa shape index (κ3) is 7.33. The third-order valence-electron chi connectivity index (χ3n) is 12.2. The summed E-state index contributed by atoms with van der Waals surface area (Å²) in [4.78, 5) is 65.5. The predicted octanol–water partition coefficient (Wildman–Crippen LogP) is 6.74. The SMILES string of the molecule is CC[C@@H]1C[C@]1(CC(=O)[C@@H]1C[C@@H](Oc2cc(-c3cccc(N)n3)nc3c(Cl)c(OC)ccc23)CN1C(=O)[C@@H](CC(=O)OC1C[C@@H]2C[C@@H]2C1)C(C)(C)C)C(=O)O. The number of nitrogens with zero attached hydrogens (tertiary/aromatic N) is 3. The van der Waals surface area contributed by atoms with Crippen molar-refractivity contribution in [2.45, 2.75) is 97.3 Å². The topological polar surface area (TPSA) is 171 Å². The van der Waals surface area contributed by atoms with Crippen molar-refractivity contribution in [3.05, 3.63) is 41.4 Å². The van der Waals surface area contributed by atoms with Crippen molar-refractivity contribution in [3.63, 3.8) is 0 Å². The maximum absolute atomic E-state index is 14.7. The zero-order valence-electron chi connectivity index (χ0n) is 31.5. The van der Waals surface area contributed by atoms with Gasteiger partial charge in [0.1, 0.15) is 34.5 Å². The molecular weight excluding hydrogens is 712 g/mol. The van der Waals surface area contributed by atoms with Crippen molar-refractivity contribution >= 4 is 52.0 Å². The van der Waals surface area contributed by atoms with E-state index in [-0.39, 0.29) is 54.5 Å². The number of Topliss-reactive ketones (excluding diaryl/α,β-unsaturated/α-hetero) is 1. The zero-order valence-corrected chi connectivity index (χ0v) is 32.2. The van der Waals surface area contributed by atoms with Crippen LogP contribution in [0.4, 0.5) is 5.82 Å². The van der Waals surface area contributed by atoms with Gasteiger partial charge in [-0.25, -0.2) is 9.97 Å². The lowest BCUT2D eigenvalue weighted by Gasteiger charge is -2.35. The Morgan fingerprint density at radius 2 is 1.76 bits per heavy atom. The normalized spacial score (nSPS) is 27.6. The van der Waals surface area contributed by atoms with Gasteiger partial charge in [-0.3, -0.25) is 19.2 Å². The van der Waals surface area contributed by atoms with Crippen LogP contribution in [0.2, 0.25) is 5.02 Å². The number of nitrogens with two attached hydrogens (primary N) is 1. The number of aromatic nitrogens is 2. The van der Waals surface area contributed by atoms with Crippen LogP contribution in [0.5, 0.6) is 11.5 Å². The Kier molecular flexibility index (Phi) is 10.0. The first kappa shape index (κ1) is 37.8. The van der Waals surface area contributed by atoms with E-state index in [0.717, 1.165) is 12.8 Å². The molecule has 3 aromatic rings. The minimum absolute atomic E-state index is 0.0414. The molecule has 288 valence electrons. The number of hydrogen-bond donors (Lipinski definition) is 2. The lowest BCUT2D eigenvalue weighted by Crippen LogP contribution is -2.48. The molecule has 3 heterocycles. The first-order chi connectivity index (χ1) is 25.6. The molecule has 1 unspecified atom stereocenters. The molecule has 1 amide bonds. The number of ketones is 1. The lowest BCUT2D eigenvalue weighted by molar-refractivity contribution is -0.157. The van der Waals surface area contributed by atoms with Crippen LogP contribution >= 0.6 is 11.6 Å². The van der Waals surface area contributed by atoms with E-state index in [4.69, 9.17) is 36.5 Å². The molecule has 4 aliphatic rings. The quantitative estimate of drug-likeness (QED) is 0.177. The number of rotatable bonds is 13. The van der Waals surface area contributed by atoms with Crippen LogP contribution in [-0.2, 0) is 23.9 Å². The Balaban J connectivity index is 1.21. The maximum atomic E-state index is 14.7. The highest BCUT2D eigenvalue weighted by molar-refractivity contribution is 6.36. The maximum Gasteiger partial charge on any atom is 0.310 e. The molecular formula is C41H49ClN4O8. The van der Waals surface area contributed by atoms with Crippen molar-refractivity contribution in [1.82, 2.24) is 14.9 Å². The number of fused-ring (bicyclic) bond motifs is 2. The summed E-state index contributed by atoms with van der Waals surface area (Å²) in [5.74, 6) is -0.615. The van der Waals surface area contributed by atoms with Crippen molar-refractivity contribution < 1.29 is 38.5 Å². The number of anilines is 1. The molecule has 4 fully saturated rings. The van der Waals surface area contributed by atoms with E-state index in [1.54, 1.807) is 36.4 Å². The number of ether oxygens (including phenoxy) is 3. The van der Waals surface area contributed by atoms with E-state index in [0.29, 0.717) is 64.3 Å². The summed E-state index contributed by atoms with van der Waals surface area (Å²) in [6, 6.07) is 9.46. The number of carbonyl (C=O) groups is 4. The standard InChI is InChI=1S/C41H49ClN4O8/c1-6-23-18-41(23,39(50)51)19-31(47)30-15-25(20-46(30)38(49)27(40(2,3)4)16-35(48)54-24-13-21-12-22(21)14-24)53-33-17-29(28-8-7-9-34(43)44-28)45-37-26(33)10-11-32(52-5)36(37)42/h7-11,17,21-25,27,30H,6,12-16,18-20H2,1-5H3,(H2,43,44)(H,50,51)/t21-,22+,23-,24?,25-,27-,30+,41-/m1/s1. The molecule has 3 aliphatic carbocycles. The number of benzene rings is 1. The van der Waals surface area contributed by atoms with Crippen LogP contribution in [0.25, 0.3) is 22.3 Å². The highest BCUT2D eigenvalue weighted by atomic mass is 35.5. The van der Waals surface area contributed by atoms with Gasteiger partial charge >= 0.3 is 11.9 Å². The Morgan fingerprint density at radius 1 is 1.02 bits per heavy atom. The van der Waals surface area contributed by atoms with Crippen LogP contribution < -0.4 is 15.2 Å². The summed E-state index contributed by atoms with van der Waals surface area (Å²) in [7, 11) is 1.51. The van der Waals surface area contributed by atoms with E-state index in [1.165, 1.54) is 18.4 Å². The fourth-order valence-corrected chi connectivity index (χ4v) is 9.10. The third-order valence-corrected chi connectivity index (χ3v) is 12.5. The van der Waals surface area contributed by atoms with E-state index < -0.39 is 40.8 Å². The second-order valence-corrected chi connectivity index (χ2v) is 17.2. The van der Waals surface area contributed by atoms with Crippen molar-refractivity contribution in [2.24, 2.45) is 34.5 Å². The van der Waals surface area contributed by atoms with E-state index >= 15 is 0 Å². The van der Waals surface area contributed by atoms with Gasteiger partial charge in [0.05, 0.1) is 54.4 Å². The van der Waals surface area contributed by atoms with Gasteiger partial charge in [0.25, 0.3) is 0 Å². The fraction of sp³-hybridized carbons (Fsp3) is 0.561. The molecule has 0 spiro atoms. The largest absolute Gasteiger partial charge is 0.495 e. The molecule has 12 nitrogen and oxygen atoms in total. The van der Waals surface area contributed by atoms with Gasteiger partial charge in [0.15, 0.2) is 5.78 Å². The molecule has 54 heavy (non-hydrogen) atoms. The van der Waals surface area contributed by atoms with Crippen molar-refractivity contribution in [2.75, 3.05) is 19.4 Å². The summed E-state index contributed by atoms with van der Waals surface area (Å²) >= 11 is 6.78. The predicted molar refractivity (Wildman–Crippen MR) is 202 cm³/mol. The number of hydrogen-bond acceptors (Lipinski definition) is 10. The second kappa shape index (κ2) is 14.3. The van der Waals surface area contributed by atoms with Gasteiger partial charge < -0.3 is 30.0 Å². The first-order valence-electron chi connectivity index (χ1n) is 18.9. The van der Waals surface area contributed by atoms with Gasteiger partial charge in [0.2, 0.25) is 5.91 Å². The summed E-state index contributed by atoms with van der Waals surface area (Å²) in [6.45, 7) is 7.66. The Hall–Kier alpha value is -4.45. The summed E-state index contributed by atoms with van der Waals surface area (Å²) in [5, 5.41) is 11.0. The molecule has 1 aliphatic heterocycles. The molecule has 8 atom stereocenters. The van der Waals surface area contributed by atoms with Crippen LogP contribution in [0.15, 0.2) is 36.4 Å². The molecule has 1 saturated heterocycles. The summed E-state index contributed by atoms with van der Waals surface area (Å²) in [5.41, 5.74) is 5.54. The number of aliphatic carboxylic acids is 1. The van der Waals surface area contributed by atoms with Gasteiger partial charge in [-0.2, -0.15) is 0 Å². The molecule has 13 heteroatoms. The average molecular weight is 761 g/mol. The van der Waals surface area contributed by atoms with E-state index in [9.17, 15) is 24.3 Å². The molecule has 0 radical (unpaired) electrons. The number of carboxylic acids is 1. The monoisotopic (exact) mass is 760 g/mol. The Bertz CT molecular complexity index is 1990. The van der Waals surface area contributed by atoms with Gasteiger partial charge in [-0.1, -0.05) is 51.8 Å². The fourth-order valence-electron chi connectivity index (χ4n) is 8.82. The second-order valence-electron chi connectivity index (χ2n) is 16.8. The van der Waals surface area contributed by atoms with Crippen molar-refractivity contribution in [3.8, 4) is 22.9 Å². The van der Waals surface area contributed by atoms with Gasteiger partial charge in [-0.05, 0) is 73.1 Å². The number of carboxylic acid groups (broad SMARTS) is 1. The van der Waals surface area contributed by atoms with E-state index in [2.05, 4.69) is 4.98 Å². The minimum atomic E-state index is -1.15. The number of halogens is 1. The number of methoxy groups -OCH3 is 1. The lowest BCUT2D eigenvalue weighted by atomic mass is 9.77. The minimum Gasteiger partial charge on any atom is -0.495 e. The average Bonchev–Trinajstić information content (AvgIpc) is 3.93. The smallest absolute Gasteiger partial charge is 0.310 e. The number of amides is 1. The van der Waals surface area contributed by atoms with Crippen molar-refractivity contribution in [1.29, 1.82) is 0 Å². The molecule has 3 N–H and O–H groups in total. The highest BCUT2D eigenvalue weighted by Crippen LogP contribution is 2.58. The first-order valence-corrected chi connectivity index (χ1v) is 19.3. The molecule has 1 aromatic carbocycles.